The molecule has 2 aromatic rings. The molecule has 4 heteroatoms. The molecule has 1 N–H and O–H groups in total. The van der Waals surface area contributed by atoms with E-state index in [9.17, 15) is 4.79 Å². The highest BCUT2D eigenvalue weighted by atomic mass is 16.3. The lowest BCUT2D eigenvalue weighted by Crippen LogP contribution is -2.17. The van der Waals surface area contributed by atoms with Crippen molar-refractivity contribution in [1.29, 1.82) is 0 Å². The fourth-order valence-corrected chi connectivity index (χ4v) is 1.51. The number of anilines is 1. The first-order chi connectivity index (χ1) is 8.56. The second kappa shape index (κ2) is 5.04. The van der Waals surface area contributed by atoms with E-state index in [2.05, 4.69) is 10.3 Å². The van der Waals surface area contributed by atoms with Crippen LogP contribution in [0, 0.1) is 12.8 Å². The van der Waals surface area contributed by atoms with E-state index in [1.807, 2.05) is 38.1 Å². The molecule has 0 fully saturated rings. The van der Waals surface area contributed by atoms with Gasteiger partial charge >= 0.3 is 0 Å². The van der Waals surface area contributed by atoms with E-state index in [1.165, 1.54) is 0 Å². The third kappa shape index (κ3) is 2.77. The minimum absolute atomic E-state index is 0.0139. The normalized spacial score (nSPS) is 10.7. The van der Waals surface area contributed by atoms with Gasteiger partial charge in [-0.2, -0.15) is 0 Å². The van der Waals surface area contributed by atoms with Gasteiger partial charge in [0.15, 0.2) is 5.89 Å². The summed E-state index contributed by atoms with van der Waals surface area (Å²) in [6.45, 7) is 5.53. The highest BCUT2D eigenvalue weighted by Crippen LogP contribution is 2.20. The van der Waals surface area contributed by atoms with Crippen molar-refractivity contribution < 1.29 is 9.21 Å². The van der Waals surface area contributed by atoms with E-state index >= 15 is 0 Å². The fourth-order valence-electron chi connectivity index (χ4n) is 1.51. The molecule has 2 rings (SSSR count). The predicted molar refractivity (Wildman–Crippen MR) is 70.1 cm³/mol. The first kappa shape index (κ1) is 12.4. The van der Waals surface area contributed by atoms with Crippen LogP contribution in [0.1, 0.15) is 19.7 Å². The molecular weight excluding hydrogens is 228 g/mol. The van der Waals surface area contributed by atoms with Gasteiger partial charge in [-0.05, 0) is 12.1 Å². The molecule has 94 valence electrons. The summed E-state index contributed by atoms with van der Waals surface area (Å²) >= 11 is 0. The number of nitrogens with one attached hydrogen (secondary N) is 1. The van der Waals surface area contributed by atoms with Crippen molar-refractivity contribution in [2.75, 3.05) is 5.32 Å². The Balaban J connectivity index is 2.13. The molecule has 0 atom stereocenters. The number of rotatable bonds is 3. The van der Waals surface area contributed by atoms with E-state index in [0.29, 0.717) is 5.89 Å². The number of hydrogen-bond donors (Lipinski definition) is 1. The lowest BCUT2D eigenvalue weighted by atomic mass is 10.1. The third-order valence-electron chi connectivity index (χ3n) is 2.59. The molecule has 0 radical (unpaired) electrons. The molecule has 4 nitrogen and oxygen atoms in total. The molecule has 1 aromatic carbocycles. The quantitative estimate of drug-likeness (QED) is 0.901. The van der Waals surface area contributed by atoms with Crippen molar-refractivity contribution in [3.8, 4) is 11.3 Å². The van der Waals surface area contributed by atoms with Crippen LogP contribution in [0.4, 0.5) is 5.69 Å². The Hall–Kier alpha value is -2.10. The summed E-state index contributed by atoms with van der Waals surface area (Å²) in [5, 5.41) is 2.84. The Labute approximate surface area is 106 Å². The molecule has 1 aromatic heterocycles. The maximum Gasteiger partial charge on any atom is 0.226 e. The van der Waals surface area contributed by atoms with Crippen LogP contribution in [0.5, 0.6) is 0 Å². The minimum Gasteiger partial charge on any atom is -0.449 e. The minimum atomic E-state index is -0.0251. The number of amides is 1. The number of nitrogens with zero attached hydrogens (tertiary/aromatic N) is 1. The molecule has 0 bridgehead atoms. The Kier molecular flexibility index (Phi) is 3.46. The molecule has 18 heavy (non-hydrogen) atoms. The van der Waals surface area contributed by atoms with Crippen LogP contribution in [0.3, 0.4) is 0 Å². The van der Waals surface area contributed by atoms with Crippen molar-refractivity contribution in [3.05, 3.63) is 36.4 Å². The zero-order valence-electron chi connectivity index (χ0n) is 10.7. The lowest BCUT2D eigenvalue weighted by Gasteiger charge is -2.07. The SMILES string of the molecule is Cc1nc(-c2ccc(NC(=O)C(C)C)cc2)co1. The summed E-state index contributed by atoms with van der Waals surface area (Å²) in [5.74, 6) is 0.630. The van der Waals surface area contributed by atoms with Gasteiger partial charge in [-0.1, -0.05) is 26.0 Å². The van der Waals surface area contributed by atoms with Crippen LogP contribution in [0.15, 0.2) is 34.9 Å². The van der Waals surface area contributed by atoms with Gasteiger partial charge in [0.2, 0.25) is 5.91 Å². The number of carbonyl (C=O) groups excluding carboxylic acids is 1. The van der Waals surface area contributed by atoms with Crippen LogP contribution < -0.4 is 5.32 Å². The summed E-state index contributed by atoms with van der Waals surface area (Å²) in [6.07, 6.45) is 1.62. The van der Waals surface area contributed by atoms with Crippen LogP contribution in [-0.4, -0.2) is 10.9 Å². The fraction of sp³-hybridized carbons (Fsp3) is 0.286. The van der Waals surface area contributed by atoms with E-state index in [-0.39, 0.29) is 11.8 Å². The Morgan fingerprint density at radius 1 is 1.28 bits per heavy atom. The maximum atomic E-state index is 11.5. The second-order valence-corrected chi connectivity index (χ2v) is 4.47. The number of hydrogen-bond acceptors (Lipinski definition) is 3. The van der Waals surface area contributed by atoms with E-state index in [1.54, 1.807) is 13.2 Å². The average molecular weight is 244 g/mol. The van der Waals surface area contributed by atoms with Crippen LogP contribution in [-0.2, 0) is 4.79 Å². The predicted octanol–water partition coefficient (Wildman–Crippen LogP) is 3.24. The van der Waals surface area contributed by atoms with E-state index < -0.39 is 0 Å². The first-order valence-corrected chi connectivity index (χ1v) is 5.89. The lowest BCUT2D eigenvalue weighted by molar-refractivity contribution is -0.118. The van der Waals surface area contributed by atoms with Gasteiger partial charge in [0.05, 0.1) is 0 Å². The first-order valence-electron chi connectivity index (χ1n) is 5.89. The highest BCUT2D eigenvalue weighted by Gasteiger charge is 2.07. The van der Waals surface area contributed by atoms with Crippen molar-refractivity contribution in [2.24, 2.45) is 5.92 Å². The second-order valence-electron chi connectivity index (χ2n) is 4.47. The molecule has 1 heterocycles. The van der Waals surface area contributed by atoms with E-state index in [4.69, 9.17) is 4.42 Å². The van der Waals surface area contributed by atoms with Crippen molar-refractivity contribution in [2.45, 2.75) is 20.8 Å². The zero-order valence-corrected chi connectivity index (χ0v) is 10.7. The summed E-state index contributed by atoms with van der Waals surface area (Å²) in [6, 6.07) is 7.54. The number of benzene rings is 1. The van der Waals surface area contributed by atoms with Gasteiger partial charge in [0.25, 0.3) is 0 Å². The number of carbonyl (C=O) groups is 1. The molecule has 0 unspecified atom stereocenters. The molecule has 0 spiro atoms. The van der Waals surface area contributed by atoms with Gasteiger partial charge in [0, 0.05) is 24.1 Å². The topological polar surface area (TPSA) is 55.1 Å². The smallest absolute Gasteiger partial charge is 0.226 e. The molecule has 0 saturated carbocycles. The average Bonchev–Trinajstić information content (AvgIpc) is 2.76. The van der Waals surface area contributed by atoms with Gasteiger partial charge < -0.3 is 9.73 Å². The third-order valence-corrected chi connectivity index (χ3v) is 2.59. The van der Waals surface area contributed by atoms with Crippen molar-refractivity contribution in [3.63, 3.8) is 0 Å². The van der Waals surface area contributed by atoms with Gasteiger partial charge in [-0.15, -0.1) is 0 Å². The summed E-state index contributed by atoms with van der Waals surface area (Å²) < 4.78 is 5.16. The number of aryl methyl sites for hydroxylation is 1. The monoisotopic (exact) mass is 244 g/mol. The number of aromatic nitrogens is 1. The van der Waals surface area contributed by atoms with Crippen LogP contribution in [0.25, 0.3) is 11.3 Å². The Morgan fingerprint density at radius 3 is 2.44 bits per heavy atom. The van der Waals surface area contributed by atoms with Gasteiger partial charge in [0.1, 0.15) is 12.0 Å². The molecule has 0 saturated heterocycles. The molecular formula is C14H16N2O2. The van der Waals surface area contributed by atoms with Crippen LogP contribution >= 0.6 is 0 Å². The molecule has 0 aliphatic rings. The van der Waals surface area contributed by atoms with Gasteiger partial charge in [-0.3, -0.25) is 4.79 Å². The summed E-state index contributed by atoms with van der Waals surface area (Å²) in [7, 11) is 0. The largest absolute Gasteiger partial charge is 0.449 e. The Morgan fingerprint density at radius 2 is 1.94 bits per heavy atom. The zero-order chi connectivity index (χ0) is 13.1. The summed E-state index contributed by atoms with van der Waals surface area (Å²) in [4.78, 5) is 15.8. The van der Waals surface area contributed by atoms with Crippen LogP contribution in [0.2, 0.25) is 0 Å². The van der Waals surface area contributed by atoms with Crippen molar-refractivity contribution in [1.82, 2.24) is 4.98 Å². The Bertz CT molecular complexity index is 541. The van der Waals surface area contributed by atoms with Gasteiger partial charge in [-0.25, -0.2) is 4.98 Å². The molecule has 1 amide bonds. The number of oxazole rings is 1. The highest BCUT2D eigenvalue weighted by molar-refractivity contribution is 5.92. The molecule has 0 aliphatic carbocycles. The van der Waals surface area contributed by atoms with E-state index in [0.717, 1.165) is 16.9 Å². The molecule has 0 aliphatic heterocycles. The standard InChI is InChI=1S/C14H16N2O2/c1-9(2)14(17)16-12-6-4-11(5-7-12)13-8-18-10(3)15-13/h4-9H,1-3H3,(H,16,17). The summed E-state index contributed by atoms with van der Waals surface area (Å²) in [5.41, 5.74) is 2.56. The van der Waals surface area contributed by atoms with Crippen molar-refractivity contribution >= 4 is 11.6 Å². The maximum absolute atomic E-state index is 11.5.